The lowest BCUT2D eigenvalue weighted by Crippen LogP contribution is -2.32. The quantitative estimate of drug-likeness (QED) is 0.862. The van der Waals surface area contributed by atoms with Crippen LogP contribution in [0.4, 0.5) is 4.39 Å². The van der Waals surface area contributed by atoms with Crippen molar-refractivity contribution in [3.8, 4) is 0 Å². The molecule has 3 nitrogen and oxygen atoms in total. The number of primary amides is 1. The van der Waals surface area contributed by atoms with E-state index in [0.717, 1.165) is 0 Å². The summed E-state index contributed by atoms with van der Waals surface area (Å²) < 4.78 is 13.7. The number of halogens is 1. The molecule has 5 heteroatoms. The van der Waals surface area contributed by atoms with Crippen molar-refractivity contribution < 1.29 is 9.18 Å². The van der Waals surface area contributed by atoms with E-state index in [0.29, 0.717) is 24.2 Å². The molecule has 0 fully saturated rings. The summed E-state index contributed by atoms with van der Waals surface area (Å²) in [7, 11) is 0. The molecular formula is C16H19FN2OS. The molecule has 1 heterocycles. The Morgan fingerprint density at radius 1 is 1.38 bits per heavy atom. The highest BCUT2D eigenvalue weighted by atomic mass is 32.1. The van der Waals surface area contributed by atoms with Crippen LogP contribution in [0.2, 0.25) is 0 Å². The highest BCUT2D eigenvalue weighted by molar-refractivity contribution is 7.10. The fraction of sp³-hybridized carbons (Fsp3) is 0.312. The Labute approximate surface area is 128 Å². The third kappa shape index (κ3) is 3.89. The minimum Gasteiger partial charge on any atom is -0.366 e. The third-order valence-corrected chi connectivity index (χ3v) is 4.64. The van der Waals surface area contributed by atoms with Gasteiger partial charge in [0.15, 0.2) is 0 Å². The largest absolute Gasteiger partial charge is 0.366 e. The van der Waals surface area contributed by atoms with E-state index in [4.69, 9.17) is 5.73 Å². The Morgan fingerprint density at radius 3 is 2.76 bits per heavy atom. The van der Waals surface area contributed by atoms with Crippen LogP contribution < -0.4 is 11.1 Å². The highest BCUT2D eigenvalue weighted by Crippen LogP contribution is 2.26. The van der Waals surface area contributed by atoms with Crippen LogP contribution in [0.5, 0.6) is 0 Å². The molecule has 0 saturated heterocycles. The second-order valence-electron chi connectivity index (χ2n) is 5.64. The molecule has 1 aromatic heterocycles. The number of thiophene rings is 1. The van der Waals surface area contributed by atoms with E-state index in [1.54, 1.807) is 11.3 Å². The summed E-state index contributed by atoms with van der Waals surface area (Å²) in [6, 6.07) is 8.31. The molecule has 0 bridgehead atoms. The van der Waals surface area contributed by atoms with Crippen molar-refractivity contribution in [1.29, 1.82) is 0 Å². The highest BCUT2D eigenvalue weighted by Gasteiger charge is 2.21. The lowest BCUT2D eigenvalue weighted by Gasteiger charge is -2.24. The molecule has 3 N–H and O–H groups in total. The summed E-state index contributed by atoms with van der Waals surface area (Å²) in [4.78, 5) is 12.4. The fourth-order valence-electron chi connectivity index (χ4n) is 2.12. The van der Waals surface area contributed by atoms with Gasteiger partial charge in [-0.25, -0.2) is 4.39 Å². The average molecular weight is 306 g/mol. The first-order valence-corrected chi connectivity index (χ1v) is 7.61. The summed E-state index contributed by atoms with van der Waals surface area (Å²) in [5.41, 5.74) is 5.97. The van der Waals surface area contributed by atoms with Gasteiger partial charge in [-0.2, -0.15) is 0 Å². The Kier molecular flexibility index (Phi) is 4.75. The van der Waals surface area contributed by atoms with Crippen LogP contribution in [0, 0.1) is 5.82 Å². The lowest BCUT2D eigenvalue weighted by molar-refractivity contribution is 0.1000. The Morgan fingerprint density at radius 2 is 2.14 bits per heavy atom. The summed E-state index contributed by atoms with van der Waals surface area (Å²) >= 11 is 1.71. The van der Waals surface area contributed by atoms with Gasteiger partial charge in [0, 0.05) is 34.5 Å². The number of nitrogens with one attached hydrogen (secondary N) is 1. The van der Waals surface area contributed by atoms with Gasteiger partial charge in [-0.3, -0.25) is 4.79 Å². The maximum absolute atomic E-state index is 13.7. The van der Waals surface area contributed by atoms with E-state index in [9.17, 15) is 9.18 Å². The zero-order chi connectivity index (χ0) is 15.5. The first-order valence-electron chi connectivity index (χ1n) is 6.73. The SMILES string of the molecule is CC(C)(CNCc1cc(C(N)=O)ccc1F)c1cccs1. The molecule has 2 rings (SSSR count). The first kappa shape index (κ1) is 15.7. The zero-order valence-corrected chi connectivity index (χ0v) is 13.0. The van der Waals surface area contributed by atoms with E-state index in [2.05, 4.69) is 25.2 Å². The van der Waals surface area contributed by atoms with Crippen LogP contribution in [0.15, 0.2) is 35.7 Å². The molecule has 0 spiro atoms. The normalized spacial score (nSPS) is 11.6. The van der Waals surface area contributed by atoms with Gasteiger partial charge in [-0.15, -0.1) is 11.3 Å². The molecule has 0 aliphatic rings. The number of rotatable bonds is 6. The molecule has 0 atom stereocenters. The van der Waals surface area contributed by atoms with E-state index >= 15 is 0 Å². The number of hydrogen-bond acceptors (Lipinski definition) is 3. The molecule has 0 aliphatic carbocycles. The van der Waals surface area contributed by atoms with Crippen molar-refractivity contribution in [1.82, 2.24) is 5.32 Å². The van der Waals surface area contributed by atoms with Crippen LogP contribution in [-0.4, -0.2) is 12.5 Å². The van der Waals surface area contributed by atoms with E-state index in [-0.39, 0.29) is 11.2 Å². The standard InChI is InChI=1S/C16H19FN2OS/c1-16(2,14-4-3-7-21-14)10-19-9-12-8-11(15(18)20)5-6-13(12)17/h3-8,19H,9-10H2,1-2H3,(H2,18,20). The van der Waals surface area contributed by atoms with Gasteiger partial charge >= 0.3 is 0 Å². The Bertz CT molecular complexity index is 623. The van der Waals surface area contributed by atoms with Gasteiger partial charge in [0.2, 0.25) is 5.91 Å². The van der Waals surface area contributed by atoms with Crippen molar-refractivity contribution in [3.05, 3.63) is 57.5 Å². The predicted octanol–water partition coefficient (Wildman–Crippen LogP) is 3.05. The summed E-state index contributed by atoms with van der Waals surface area (Å²) in [5.74, 6) is -0.878. The molecule has 2 aromatic rings. The number of carbonyl (C=O) groups is 1. The van der Waals surface area contributed by atoms with Gasteiger partial charge in [0.05, 0.1) is 0 Å². The van der Waals surface area contributed by atoms with Gasteiger partial charge < -0.3 is 11.1 Å². The number of carbonyl (C=O) groups excluding carboxylic acids is 1. The van der Waals surface area contributed by atoms with Crippen molar-refractivity contribution in [2.24, 2.45) is 5.73 Å². The monoisotopic (exact) mass is 306 g/mol. The van der Waals surface area contributed by atoms with E-state index in [1.165, 1.54) is 23.1 Å². The molecule has 1 amide bonds. The molecule has 0 radical (unpaired) electrons. The van der Waals surface area contributed by atoms with E-state index < -0.39 is 5.91 Å². The zero-order valence-electron chi connectivity index (χ0n) is 12.2. The molecule has 112 valence electrons. The van der Waals surface area contributed by atoms with Gasteiger partial charge in [-0.1, -0.05) is 19.9 Å². The van der Waals surface area contributed by atoms with Gasteiger partial charge in [0.1, 0.15) is 5.82 Å². The first-order chi connectivity index (χ1) is 9.90. The lowest BCUT2D eigenvalue weighted by atomic mass is 9.91. The van der Waals surface area contributed by atoms with Crippen LogP contribution >= 0.6 is 11.3 Å². The summed E-state index contributed by atoms with van der Waals surface area (Å²) in [6.45, 7) is 5.36. The van der Waals surface area contributed by atoms with Crippen molar-refractivity contribution in [3.63, 3.8) is 0 Å². The van der Waals surface area contributed by atoms with E-state index in [1.807, 2.05) is 11.4 Å². The predicted molar refractivity (Wildman–Crippen MR) is 84.0 cm³/mol. The second kappa shape index (κ2) is 6.37. The smallest absolute Gasteiger partial charge is 0.248 e. The van der Waals surface area contributed by atoms with Crippen LogP contribution in [0.1, 0.15) is 34.6 Å². The number of nitrogens with two attached hydrogens (primary N) is 1. The van der Waals surface area contributed by atoms with Gasteiger partial charge in [0.25, 0.3) is 0 Å². The Hall–Kier alpha value is -1.72. The fourth-order valence-corrected chi connectivity index (χ4v) is 2.98. The number of amides is 1. The van der Waals surface area contributed by atoms with Crippen molar-refractivity contribution in [2.75, 3.05) is 6.54 Å². The van der Waals surface area contributed by atoms with Gasteiger partial charge in [-0.05, 0) is 29.6 Å². The Balaban J connectivity index is 2.00. The molecular weight excluding hydrogens is 287 g/mol. The van der Waals surface area contributed by atoms with Crippen molar-refractivity contribution >= 4 is 17.2 Å². The topological polar surface area (TPSA) is 55.1 Å². The van der Waals surface area contributed by atoms with Crippen LogP contribution in [0.25, 0.3) is 0 Å². The number of hydrogen-bond donors (Lipinski definition) is 2. The maximum Gasteiger partial charge on any atom is 0.248 e. The average Bonchev–Trinajstić information content (AvgIpc) is 2.95. The van der Waals surface area contributed by atoms with Crippen LogP contribution in [0.3, 0.4) is 0 Å². The minimum atomic E-state index is -0.546. The molecule has 21 heavy (non-hydrogen) atoms. The minimum absolute atomic E-state index is 0.0219. The molecule has 0 aliphatic heterocycles. The third-order valence-electron chi connectivity index (χ3n) is 3.40. The summed E-state index contributed by atoms with van der Waals surface area (Å²) in [6.07, 6.45) is 0. The summed E-state index contributed by atoms with van der Waals surface area (Å²) in [5, 5.41) is 5.30. The molecule has 0 unspecified atom stereocenters. The second-order valence-corrected chi connectivity index (χ2v) is 6.58. The number of benzene rings is 1. The van der Waals surface area contributed by atoms with Crippen LogP contribution in [-0.2, 0) is 12.0 Å². The maximum atomic E-state index is 13.7. The van der Waals surface area contributed by atoms with Crippen molar-refractivity contribution in [2.45, 2.75) is 25.8 Å². The molecule has 0 saturated carbocycles. The molecule has 1 aromatic carbocycles.